The second-order valence-electron chi connectivity index (χ2n) is 11.4. The van der Waals surface area contributed by atoms with Gasteiger partial charge in [-0.2, -0.15) is 0 Å². The largest absolute Gasteiger partial charge is 0.394 e. The lowest BCUT2D eigenvalue weighted by molar-refractivity contribution is -0.131. The van der Waals surface area contributed by atoms with Gasteiger partial charge in [0.2, 0.25) is 5.91 Å². The third-order valence-corrected chi connectivity index (χ3v) is 7.73. The molecule has 4 N–H and O–H groups in total. The van der Waals surface area contributed by atoms with Crippen LogP contribution in [0.25, 0.3) is 0 Å². The number of carbonyl (C=O) groups excluding carboxylic acids is 1. The predicted octanol–water partition coefficient (Wildman–Crippen LogP) is 7.98. The molecule has 0 aliphatic heterocycles. The van der Waals surface area contributed by atoms with E-state index in [9.17, 15) is 20.1 Å². The summed E-state index contributed by atoms with van der Waals surface area (Å²) in [6.07, 6.45) is 27.9. The molecular formula is C32H65NO4. The monoisotopic (exact) mass is 527 g/mol. The summed E-state index contributed by atoms with van der Waals surface area (Å²) in [7, 11) is 0. The van der Waals surface area contributed by atoms with Crippen molar-refractivity contribution in [2.45, 2.75) is 193 Å². The molecule has 222 valence electrons. The van der Waals surface area contributed by atoms with Crippen molar-refractivity contribution in [2.24, 2.45) is 0 Å². The highest BCUT2D eigenvalue weighted by molar-refractivity contribution is 5.80. The van der Waals surface area contributed by atoms with Crippen LogP contribution in [0.1, 0.15) is 174 Å². The number of aliphatic hydroxyl groups excluding tert-OH is 3. The van der Waals surface area contributed by atoms with Gasteiger partial charge in [-0.3, -0.25) is 4.79 Å². The quantitative estimate of drug-likeness (QED) is 0.0742. The highest BCUT2D eigenvalue weighted by Crippen LogP contribution is 2.15. The zero-order chi connectivity index (χ0) is 27.4. The molecule has 5 nitrogen and oxygen atoms in total. The highest BCUT2D eigenvalue weighted by atomic mass is 16.3. The normalized spacial score (nSPS) is 14.0. The standard InChI is InChI=1S/C32H65NO4/c1-3-5-7-9-11-13-15-17-18-20-22-24-26-30(35)29(28-34)33-32(37)31(36)27-25-23-21-19-16-14-12-10-8-6-4-2/h29-31,34-36H,3-28H2,1-2H3,(H,33,37). The first-order valence-electron chi connectivity index (χ1n) is 16.3. The van der Waals surface area contributed by atoms with Crippen molar-refractivity contribution in [2.75, 3.05) is 6.61 Å². The summed E-state index contributed by atoms with van der Waals surface area (Å²) < 4.78 is 0. The minimum absolute atomic E-state index is 0.309. The van der Waals surface area contributed by atoms with Crippen LogP contribution in [-0.4, -0.2) is 46.1 Å². The molecule has 0 aliphatic rings. The van der Waals surface area contributed by atoms with Gasteiger partial charge in [-0.05, 0) is 12.8 Å². The second-order valence-corrected chi connectivity index (χ2v) is 11.4. The lowest BCUT2D eigenvalue weighted by atomic mass is 10.0. The minimum Gasteiger partial charge on any atom is -0.394 e. The number of amides is 1. The Bertz CT molecular complexity index is 474. The van der Waals surface area contributed by atoms with Crippen molar-refractivity contribution < 1.29 is 20.1 Å². The average Bonchev–Trinajstić information content (AvgIpc) is 2.90. The first-order valence-corrected chi connectivity index (χ1v) is 16.3. The molecule has 0 aliphatic carbocycles. The minimum atomic E-state index is -1.06. The van der Waals surface area contributed by atoms with E-state index < -0.39 is 24.2 Å². The molecule has 0 aromatic carbocycles. The molecule has 0 saturated heterocycles. The van der Waals surface area contributed by atoms with Crippen molar-refractivity contribution in [3.05, 3.63) is 0 Å². The molecular weight excluding hydrogens is 462 g/mol. The summed E-state index contributed by atoms with van der Waals surface area (Å²) in [4.78, 5) is 12.3. The topological polar surface area (TPSA) is 89.8 Å². The fraction of sp³-hybridized carbons (Fsp3) is 0.969. The zero-order valence-electron chi connectivity index (χ0n) is 24.9. The maximum atomic E-state index is 12.3. The van der Waals surface area contributed by atoms with E-state index in [1.165, 1.54) is 116 Å². The van der Waals surface area contributed by atoms with Crippen molar-refractivity contribution in [3.8, 4) is 0 Å². The molecule has 3 atom stereocenters. The number of hydrogen-bond acceptors (Lipinski definition) is 4. The number of aliphatic hydroxyl groups is 3. The summed E-state index contributed by atoms with van der Waals surface area (Å²) in [6.45, 7) is 4.19. The molecule has 37 heavy (non-hydrogen) atoms. The Balaban J connectivity index is 3.72. The summed E-state index contributed by atoms with van der Waals surface area (Å²) in [5.41, 5.74) is 0. The van der Waals surface area contributed by atoms with Crippen LogP contribution in [0.4, 0.5) is 0 Å². The van der Waals surface area contributed by atoms with E-state index in [2.05, 4.69) is 19.2 Å². The molecule has 1 amide bonds. The fourth-order valence-electron chi connectivity index (χ4n) is 5.07. The first kappa shape index (κ1) is 36.4. The van der Waals surface area contributed by atoms with Crippen LogP contribution in [0.3, 0.4) is 0 Å². The van der Waals surface area contributed by atoms with Crippen LogP contribution in [0.15, 0.2) is 0 Å². The number of nitrogens with one attached hydrogen (secondary N) is 1. The van der Waals surface area contributed by atoms with Gasteiger partial charge in [-0.15, -0.1) is 0 Å². The Morgan fingerprint density at radius 1 is 0.541 bits per heavy atom. The Hall–Kier alpha value is -0.650. The number of unbranched alkanes of at least 4 members (excludes halogenated alkanes) is 21. The van der Waals surface area contributed by atoms with E-state index in [1.54, 1.807) is 0 Å². The Morgan fingerprint density at radius 2 is 0.865 bits per heavy atom. The molecule has 0 heterocycles. The lowest BCUT2D eigenvalue weighted by Gasteiger charge is -2.23. The summed E-state index contributed by atoms with van der Waals surface area (Å²) in [5.74, 6) is -0.472. The number of rotatable bonds is 29. The predicted molar refractivity (Wildman–Crippen MR) is 158 cm³/mol. The van der Waals surface area contributed by atoms with Crippen molar-refractivity contribution in [3.63, 3.8) is 0 Å². The van der Waals surface area contributed by atoms with Gasteiger partial charge in [0.25, 0.3) is 0 Å². The van der Waals surface area contributed by atoms with Crippen LogP contribution >= 0.6 is 0 Å². The smallest absolute Gasteiger partial charge is 0.249 e. The second kappa shape index (κ2) is 28.4. The molecule has 0 aromatic heterocycles. The molecule has 0 rings (SSSR count). The van der Waals surface area contributed by atoms with Gasteiger partial charge in [0.1, 0.15) is 6.10 Å². The van der Waals surface area contributed by atoms with Crippen molar-refractivity contribution in [1.29, 1.82) is 0 Å². The summed E-state index contributed by atoms with van der Waals surface area (Å²) in [5, 5.41) is 32.9. The van der Waals surface area contributed by atoms with Crippen molar-refractivity contribution >= 4 is 5.91 Å². The lowest BCUT2D eigenvalue weighted by Crippen LogP contribution is -2.49. The first-order chi connectivity index (χ1) is 18.1. The average molecular weight is 528 g/mol. The van der Waals surface area contributed by atoms with Crippen LogP contribution in [0.2, 0.25) is 0 Å². The Kier molecular flexibility index (Phi) is 27.9. The van der Waals surface area contributed by atoms with Gasteiger partial charge in [-0.25, -0.2) is 0 Å². The molecule has 0 radical (unpaired) electrons. The van der Waals surface area contributed by atoms with E-state index in [0.29, 0.717) is 12.8 Å². The molecule has 0 fully saturated rings. The van der Waals surface area contributed by atoms with E-state index in [1.807, 2.05) is 0 Å². The zero-order valence-corrected chi connectivity index (χ0v) is 24.9. The summed E-state index contributed by atoms with van der Waals surface area (Å²) in [6, 6.07) is -0.702. The van der Waals surface area contributed by atoms with E-state index in [0.717, 1.165) is 32.1 Å². The third-order valence-electron chi connectivity index (χ3n) is 7.73. The van der Waals surface area contributed by atoms with Gasteiger partial charge < -0.3 is 20.6 Å². The molecule has 0 spiro atoms. The molecule has 5 heteroatoms. The van der Waals surface area contributed by atoms with Crippen molar-refractivity contribution in [1.82, 2.24) is 5.32 Å². The molecule has 0 saturated carbocycles. The maximum absolute atomic E-state index is 12.3. The van der Waals surface area contributed by atoms with Crippen LogP contribution in [0.5, 0.6) is 0 Å². The molecule has 3 unspecified atom stereocenters. The SMILES string of the molecule is CCCCCCCCCCCCCCC(O)C(CO)NC(=O)C(O)CCCCCCCCCCCCC. The van der Waals surface area contributed by atoms with Gasteiger partial charge >= 0.3 is 0 Å². The van der Waals surface area contributed by atoms with E-state index >= 15 is 0 Å². The Labute approximate surface area is 230 Å². The van der Waals surface area contributed by atoms with Gasteiger partial charge in [-0.1, -0.05) is 162 Å². The molecule has 0 aromatic rings. The van der Waals surface area contributed by atoms with Crippen LogP contribution in [0, 0.1) is 0 Å². The fourth-order valence-corrected chi connectivity index (χ4v) is 5.07. The van der Waals surface area contributed by atoms with Crippen LogP contribution < -0.4 is 5.32 Å². The van der Waals surface area contributed by atoms with Gasteiger partial charge in [0.15, 0.2) is 0 Å². The third kappa shape index (κ3) is 24.1. The van der Waals surface area contributed by atoms with E-state index in [-0.39, 0.29) is 6.61 Å². The highest BCUT2D eigenvalue weighted by Gasteiger charge is 2.23. The van der Waals surface area contributed by atoms with Gasteiger partial charge in [0, 0.05) is 0 Å². The van der Waals surface area contributed by atoms with Gasteiger partial charge in [0.05, 0.1) is 18.8 Å². The van der Waals surface area contributed by atoms with E-state index in [4.69, 9.17) is 0 Å². The maximum Gasteiger partial charge on any atom is 0.249 e. The Morgan fingerprint density at radius 3 is 1.22 bits per heavy atom. The number of hydrogen-bond donors (Lipinski definition) is 4. The van der Waals surface area contributed by atoms with Crippen LogP contribution in [-0.2, 0) is 4.79 Å². The molecule has 0 bridgehead atoms. The number of carbonyl (C=O) groups is 1. The summed E-state index contributed by atoms with van der Waals surface area (Å²) >= 11 is 0.